The molecule has 1 amide bonds. The molecule has 7 aliphatic rings. The van der Waals surface area contributed by atoms with E-state index in [1.807, 2.05) is 57.7 Å². The average molecular weight is 739 g/mol. The largest absolute Gasteiger partial charge is 0.506 e. The molecule has 3 aliphatic carbocycles. The molecule has 290 valence electrons. The molecule has 4 bridgehead atoms. The number of carbonyl (C=O) groups excluding carboxylic acids is 3. The molecule has 2 saturated heterocycles. The van der Waals surface area contributed by atoms with Crippen LogP contribution in [0.5, 0.6) is 17.2 Å². The number of carbonyl (C=O) groups is 3. The minimum atomic E-state index is -1.56. The molecule has 1 N–H and O–H groups in total. The Kier molecular flexibility index (Phi) is 9.49. The Morgan fingerprint density at radius 2 is 1.65 bits per heavy atom. The molecule has 1 spiro atoms. The van der Waals surface area contributed by atoms with Crippen molar-refractivity contribution < 1.29 is 33.7 Å². The van der Waals surface area contributed by atoms with Gasteiger partial charge in [0.2, 0.25) is 5.91 Å². The minimum absolute atomic E-state index is 0.0605. The third kappa shape index (κ3) is 5.83. The molecule has 1 saturated carbocycles. The van der Waals surface area contributed by atoms with Crippen molar-refractivity contribution in [3.63, 3.8) is 0 Å². The van der Waals surface area contributed by atoms with Crippen LogP contribution in [0.25, 0.3) is 6.08 Å². The molecule has 9 heteroatoms. The van der Waals surface area contributed by atoms with Gasteiger partial charge in [0.05, 0.1) is 11.2 Å². The van der Waals surface area contributed by atoms with Crippen LogP contribution in [0, 0.1) is 11.8 Å². The van der Waals surface area contributed by atoms with Gasteiger partial charge in [0.15, 0.2) is 22.8 Å². The van der Waals surface area contributed by atoms with Gasteiger partial charge in [0.25, 0.3) is 0 Å². The highest BCUT2D eigenvalue weighted by Crippen LogP contribution is 2.68. The van der Waals surface area contributed by atoms with E-state index >= 15 is 4.79 Å². The van der Waals surface area contributed by atoms with Crippen LogP contribution in [0.1, 0.15) is 116 Å². The summed E-state index contributed by atoms with van der Waals surface area (Å²) in [5, 5.41) is 12.0. The van der Waals surface area contributed by atoms with Crippen molar-refractivity contribution in [2.45, 2.75) is 130 Å². The molecule has 9 nitrogen and oxygen atoms in total. The Labute approximate surface area is 320 Å². The van der Waals surface area contributed by atoms with E-state index < -0.39 is 28.3 Å². The van der Waals surface area contributed by atoms with Crippen LogP contribution >= 0.6 is 0 Å². The van der Waals surface area contributed by atoms with Gasteiger partial charge < -0.3 is 24.2 Å². The molecule has 5 unspecified atom stereocenters. The second-order valence-electron chi connectivity index (χ2n) is 17.9. The molecule has 0 radical (unpaired) electrons. The third-order valence-electron chi connectivity index (χ3n) is 12.8. The van der Waals surface area contributed by atoms with Crippen LogP contribution in [0.4, 0.5) is 0 Å². The van der Waals surface area contributed by atoms with Gasteiger partial charge in [-0.25, -0.2) is 0 Å². The van der Waals surface area contributed by atoms with E-state index in [1.54, 1.807) is 13.0 Å². The highest BCUT2D eigenvalue weighted by atomic mass is 16.6. The fraction of sp³-hybridized carbons (Fsp3) is 0.578. The second-order valence-corrected chi connectivity index (χ2v) is 17.9. The summed E-state index contributed by atoms with van der Waals surface area (Å²) >= 11 is 0. The van der Waals surface area contributed by atoms with Crippen molar-refractivity contribution in [3.8, 4) is 17.2 Å². The van der Waals surface area contributed by atoms with Gasteiger partial charge in [0, 0.05) is 67.2 Å². The second kappa shape index (κ2) is 13.4. The predicted octanol–water partition coefficient (Wildman–Crippen LogP) is 7.71. The van der Waals surface area contributed by atoms with E-state index in [0.29, 0.717) is 66.4 Å². The molecular formula is C45H58N2O7. The molecule has 8 rings (SSSR count). The summed E-state index contributed by atoms with van der Waals surface area (Å²) in [5.74, 6) is -0.894. The summed E-state index contributed by atoms with van der Waals surface area (Å²) in [6.07, 6.45) is 14.2. The summed E-state index contributed by atoms with van der Waals surface area (Å²) in [4.78, 5) is 47.8. The molecule has 0 aromatic heterocycles. The van der Waals surface area contributed by atoms with Crippen LogP contribution in [0.15, 0.2) is 52.7 Å². The number of ketones is 2. The van der Waals surface area contributed by atoms with E-state index in [0.717, 1.165) is 25.1 Å². The highest BCUT2D eigenvalue weighted by Gasteiger charge is 2.81. The van der Waals surface area contributed by atoms with E-state index in [1.165, 1.54) is 5.57 Å². The van der Waals surface area contributed by atoms with Crippen molar-refractivity contribution in [1.29, 1.82) is 0 Å². The number of hydrogen-bond acceptors (Lipinski definition) is 8. The zero-order chi connectivity index (χ0) is 39.1. The monoisotopic (exact) mass is 738 g/mol. The van der Waals surface area contributed by atoms with Crippen LogP contribution in [-0.2, 0) is 20.7 Å². The number of fused-ring (bicyclic) bond motifs is 2. The Morgan fingerprint density at radius 1 is 0.963 bits per heavy atom. The SMILES string of the molecule is CC(C)=CCCC1(C)C=Cc2c(O)c3c(c(CC=C(C)C)c2O1)OC12C(=CC4CC1C(C)(C)OC2(C/C=C(/C)C(=O)N1CCN(C(C)C)CC1)C4=O)C3=O. The van der Waals surface area contributed by atoms with E-state index in [2.05, 4.69) is 44.7 Å². The maximum atomic E-state index is 15.0. The van der Waals surface area contributed by atoms with Gasteiger partial charge in [-0.1, -0.05) is 35.5 Å². The third-order valence-corrected chi connectivity index (χ3v) is 12.8. The number of phenols is 1. The van der Waals surface area contributed by atoms with Crippen LogP contribution in [-0.4, -0.2) is 87.0 Å². The normalized spacial score (nSPS) is 30.6. The maximum Gasteiger partial charge on any atom is 0.249 e. The number of amides is 1. The standard InChI is InChI=1S/C45H58N2O7/c1-26(2)12-11-17-43(10)18-16-31-36(48)35-37(49)33-24-30-25-34-42(8,9)54-44(40(30)50,19-15-29(7)41(51)47-22-20-46(21-23-47)28(5)6)45(33,34)53-39(35)32(38(31)52-43)14-13-27(3)4/h12-13,15-16,18,24,28,30,34,48H,11,14,17,19-23,25H2,1-10H3/b29-15-. The number of hydrogen-bond donors (Lipinski definition) is 1. The number of aromatic hydroxyl groups is 1. The topological polar surface area (TPSA) is 106 Å². The molecule has 4 heterocycles. The van der Waals surface area contributed by atoms with Gasteiger partial charge in [-0.3, -0.25) is 19.3 Å². The Hall–Kier alpha value is -3.95. The van der Waals surface area contributed by atoms with Crippen LogP contribution in [0.3, 0.4) is 0 Å². The minimum Gasteiger partial charge on any atom is -0.506 e. The first-order chi connectivity index (χ1) is 25.4. The molecule has 3 fully saturated rings. The van der Waals surface area contributed by atoms with E-state index in [-0.39, 0.29) is 46.9 Å². The lowest BCUT2D eigenvalue weighted by atomic mass is 9.51. The lowest BCUT2D eigenvalue weighted by molar-refractivity contribution is -0.171. The number of rotatable bonds is 9. The van der Waals surface area contributed by atoms with Crippen molar-refractivity contribution in [3.05, 3.63) is 69.4 Å². The first kappa shape index (κ1) is 38.3. The van der Waals surface area contributed by atoms with E-state index in [9.17, 15) is 14.7 Å². The smallest absolute Gasteiger partial charge is 0.249 e. The lowest BCUT2D eigenvalue weighted by Gasteiger charge is -2.56. The lowest BCUT2D eigenvalue weighted by Crippen LogP contribution is -2.72. The Balaban J connectivity index is 1.34. The molecular weight excluding hydrogens is 681 g/mol. The van der Waals surface area contributed by atoms with Crippen LogP contribution < -0.4 is 9.47 Å². The van der Waals surface area contributed by atoms with Gasteiger partial charge in [0.1, 0.15) is 28.4 Å². The van der Waals surface area contributed by atoms with Gasteiger partial charge in [-0.05, 0) is 107 Å². The molecule has 1 aromatic rings. The van der Waals surface area contributed by atoms with Crippen LogP contribution in [0.2, 0.25) is 0 Å². The van der Waals surface area contributed by atoms with Crippen molar-refractivity contribution in [2.24, 2.45) is 11.8 Å². The van der Waals surface area contributed by atoms with E-state index in [4.69, 9.17) is 14.2 Å². The number of allylic oxidation sites excluding steroid dienone is 5. The quantitative estimate of drug-likeness (QED) is 0.203. The molecule has 5 atom stereocenters. The van der Waals surface area contributed by atoms with Gasteiger partial charge >= 0.3 is 0 Å². The predicted molar refractivity (Wildman–Crippen MR) is 210 cm³/mol. The van der Waals surface area contributed by atoms with Gasteiger partial charge in [-0.2, -0.15) is 0 Å². The fourth-order valence-corrected chi connectivity index (χ4v) is 9.86. The highest BCUT2D eigenvalue weighted by molar-refractivity contribution is 6.19. The summed E-state index contributed by atoms with van der Waals surface area (Å²) in [7, 11) is 0. The first-order valence-electron chi connectivity index (χ1n) is 19.8. The number of phenolic OH excluding ortho intramolecular Hbond substituents is 1. The van der Waals surface area contributed by atoms with Gasteiger partial charge in [-0.15, -0.1) is 0 Å². The Morgan fingerprint density at radius 3 is 2.30 bits per heavy atom. The number of piperazine rings is 1. The number of nitrogens with zero attached hydrogens (tertiary/aromatic N) is 2. The maximum absolute atomic E-state index is 15.0. The number of ether oxygens (including phenoxy) is 3. The Bertz CT molecular complexity index is 1950. The average Bonchev–Trinajstić information content (AvgIpc) is 3.26. The fourth-order valence-electron chi connectivity index (χ4n) is 9.86. The zero-order valence-electron chi connectivity index (χ0n) is 33.9. The zero-order valence-corrected chi connectivity index (χ0v) is 33.9. The summed E-state index contributed by atoms with van der Waals surface area (Å²) in [6, 6.07) is 0.418. The van der Waals surface area contributed by atoms with Crippen molar-refractivity contribution in [1.82, 2.24) is 9.80 Å². The van der Waals surface area contributed by atoms with Crippen molar-refractivity contribution >= 4 is 23.5 Å². The summed E-state index contributed by atoms with van der Waals surface area (Å²) in [5.41, 5.74) is -0.103. The summed E-state index contributed by atoms with van der Waals surface area (Å²) < 4.78 is 21.1. The number of Topliss-reactive ketones (excluding diaryl/α,β-unsaturated/α-hetero) is 2. The molecule has 1 aromatic carbocycles. The number of benzene rings is 1. The first-order valence-corrected chi connectivity index (χ1v) is 19.8. The van der Waals surface area contributed by atoms with Crippen molar-refractivity contribution in [2.75, 3.05) is 26.2 Å². The molecule has 54 heavy (non-hydrogen) atoms. The molecule has 4 aliphatic heterocycles. The summed E-state index contributed by atoms with van der Waals surface area (Å²) in [6.45, 7) is 23.2.